The lowest BCUT2D eigenvalue weighted by Crippen LogP contribution is -2.12. The number of benzene rings is 1. The van der Waals surface area contributed by atoms with E-state index in [0.717, 1.165) is 6.42 Å². The van der Waals surface area contributed by atoms with Gasteiger partial charge in [0.1, 0.15) is 0 Å². The van der Waals surface area contributed by atoms with Crippen LogP contribution in [-0.2, 0) is 6.42 Å². The molecule has 0 fully saturated rings. The van der Waals surface area contributed by atoms with Gasteiger partial charge in [0.15, 0.2) is 0 Å². The summed E-state index contributed by atoms with van der Waals surface area (Å²) >= 11 is 0. The van der Waals surface area contributed by atoms with E-state index in [1.165, 1.54) is 18.4 Å². The molecule has 1 atom stereocenters. The molecule has 0 N–H and O–H groups in total. The SMILES string of the molecule is C=CC(CCc1ccccc1)CC(C)(C)C. The maximum Gasteiger partial charge on any atom is -0.0228 e. The van der Waals surface area contributed by atoms with Crippen LogP contribution >= 0.6 is 0 Å². The van der Waals surface area contributed by atoms with E-state index in [4.69, 9.17) is 0 Å². The summed E-state index contributed by atoms with van der Waals surface area (Å²) in [5.74, 6) is 0.639. The largest absolute Gasteiger partial charge is 0.103 e. The highest BCUT2D eigenvalue weighted by molar-refractivity contribution is 5.14. The summed E-state index contributed by atoms with van der Waals surface area (Å²) in [4.78, 5) is 0. The minimum absolute atomic E-state index is 0.398. The number of aryl methyl sites for hydroxylation is 1. The lowest BCUT2D eigenvalue weighted by atomic mass is 9.82. The average molecular weight is 216 g/mol. The van der Waals surface area contributed by atoms with Crippen LogP contribution in [0.2, 0.25) is 0 Å². The van der Waals surface area contributed by atoms with Gasteiger partial charge in [-0.3, -0.25) is 0 Å². The fraction of sp³-hybridized carbons (Fsp3) is 0.500. The Labute approximate surface area is 100 Å². The maximum atomic E-state index is 3.96. The first kappa shape index (κ1) is 13.0. The molecular formula is C16H24. The minimum atomic E-state index is 0.398. The standard InChI is InChI=1S/C16H24/c1-5-14(13-16(2,3)4)11-12-15-9-7-6-8-10-15/h5-10,14H,1,11-13H2,2-4H3. The van der Waals surface area contributed by atoms with Crippen molar-refractivity contribution in [3.05, 3.63) is 48.6 Å². The molecule has 0 heterocycles. The lowest BCUT2D eigenvalue weighted by Gasteiger charge is -2.23. The molecule has 1 aromatic rings. The third-order valence-electron chi connectivity index (χ3n) is 2.85. The lowest BCUT2D eigenvalue weighted by molar-refractivity contribution is 0.316. The van der Waals surface area contributed by atoms with Crippen LogP contribution in [0.4, 0.5) is 0 Å². The molecule has 1 rings (SSSR count). The van der Waals surface area contributed by atoms with Crippen LogP contribution in [0.5, 0.6) is 0 Å². The van der Waals surface area contributed by atoms with Gasteiger partial charge in [-0.25, -0.2) is 0 Å². The molecule has 0 nitrogen and oxygen atoms in total. The van der Waals surface area contributed by atoms with Crippen molar-refractivity contribution in [1.82, 2.24) is 0 Å². The molecule has 0 saturated carbocycles. The van der Waals surface area contributed by atoms with Crippen LogP contribution in [-0.4, -0.2) is 0 Å². The van der Waals surface area contributed by atoms with E-state index in [1.54, 1.807) is 0 Å². The van der Waals surface area contributed by atoms with Gasteiger partial charge in [-0.2, -0.15) is 0 Å². The van der Waals surface area contributed by atoms with Crippen molar-refractivity contribution in [3.8, 4) is 0 Å². The predicted octanol–water partition coefficient (Wildman–Crippen LogP) is 4.86. The van der Waals surface area contributed by atoms with E-state index in [2.05, 4.69) is 63.8 Å². The zero-order chi connectivity index (χ0) is 12.0. The van der Waals surface area contributed by atoms with Crippen molar-refractivity contribution in [1.29, 1.82) is 0 Å². The van der Waals surface area contributed by atoms with Gasteiger partial charge in [-0.15, -0.1) is 6.58 Å². The first-order valence-corrected chi connectivity index (χ1v) is 6.18. The molecule has 0 heteroatoms. The van der Waals surface area contributed by atoms with E-state index in [0.29, 0.717) is 11.3 Å². The Balaban J connectivity index is 2.43. The molecular weight excluding hydrogens is 192 g/mol. The van der Waals surface area contributed by atoms with Gasteiger partial charge in [0.05, 0.1) is 0 Å². The summed E-state index contributed by atoms with van der Waals surface area (Å²) in [6.45, 7) is 10.9. The second kappa shape index (κ2) is 5.89. The Morgan fingerprint density at radius 3 is 2.31 bits per heavy atom. The second-order valence-electron chi connectivity index (χ2n) is 5.78. The van der Waals surface area contributed by atoms with Crippen molar-refractivity contribution in [2.75, 3.05) is 0 Å². The summed E-state index contributed by atoms with van der Waals surface area (Å²) in [6, 6.07) is 10.7. The summed E-state index contributed by atoms with van der Waals surface area (Å²) in [7, 11) is 0. The fourth-order valence-corrected chi connectivity index (χ4v) is 2.09. The number of rotatable bonds is 5. The van der Waals surface area contributed by atoms with E-state index in [-0.39, 0.29) is 0 Å². The summed E-state index contributed by atoms with van der Waals surface area (Å²) < 4.78 is 0. The van der Waals surface area contributed by atoms with Gasteiger partial charge in [0, 0.05) is 0 Å². The van der Waals surface area contributed by atoms with Crippen molar-refractivity contribution in [2.24, 2.45) is 11.3 Å². The molecule has 0 saturated heterocycles. The Morgan fingerprint density at radius 2 is 1.81 bits per heavy atom. The molecule has 0 aliphatic rings. The number of hydrogen-bond acceptors (Lipinski definition) is 0. The number of hydrogen-bond donors (Lipinski definition) is 0. The van der Waals surface area contributed by atoms with Gasteiger partial charge in [0.2, 0.25) is 0 Å². The Hall–Kier alpha value is -1.04. The molecule has 0 spiro atoms. The van der Waals surface area contributed by atoms with Crippen LogP contribution in [0.15, 0.2) is 43.0 Å². The highest BCUT2D eigenvalue weighted by atomic mass is 14.2. The molecule has 16 heavy (non-hydrogen) atoms. The molecule has 1 unspecified atom stereocenters. The highest BCUT2D eigenvalue weighted by Crippen LogP contribution is 2.27. The first-order chi connectivity index (χ1) is 7.51. The van der Waals surface area contributed by atoms with Crippen LogP contribution in [0, 0.1) is 11.3 Å². The average Bonchev–Trinajstić information content (AvgIpc) is 2.24. The first-order valence-electron chi connectivity index (χ1n) is 6.18. The topological polar surface area (TPSA) is 0 Å². The van der Waals surface area contributed by atoms with E-state index >= 15 is 0 Å². The van der Waals surface area contributed by atoms with Crippen molar-refractivity contribution in [3.63, 3.8) is 0 Å². The maximum absolute atomic E-state index is 3.96. The van der Waals surface area contributed by atoms with E-state index in [1.807, 2.05) is 0 Å². The highest BCUT2D eigenvalue weighted by Gasteiger charge is 2.16. The summed E-state index contributed by atoms with van der Waals surface area (Å²) in [5, 5.41) is 0. The molecule has 0 aliphatic heterocycles. The summed E-state index contributed by atoms with van der Waals surface area (Å²) in [6.07, 6.45) is 5.72. The van der Waals surface area contributed by atoms with Crippen LogP contribution in [0.3, 0.4) is 0 Å². The van der Waals surface area contributed by atoms with Crippen molar-refractivity contribution < 1.29 is 0 Å². The van der Waals surface area contributed by atoms with Crippen LogP contribution < -0.4 is 0 Å². The summed E-state index contributed by atoms with van der Waals surface area (Å²) in [5.41, 5.74) is 1.83. The van der Waals surface area contributed by atoms with E-state index in [9.17, 15) is 0 Å². The monoisotopic (exact) mass is 216 g/mol. The van der Waals surface area contributed by atoms with Crippen molar-refractivity contribution >= 4 is 0 Å². The Bertz CT molecular complexity index is 303. The van der Waals surface area contributed by atoms with Crippen molar-refractivity contribution in [2.45, 2.75) is 40.0 Å². The second-order valence-corrected chi connectivity index (χ2v) is 5.78. The Morgan fingerprint density at radius 1 is 1.19 bits per heavy atom. The van der Waals surface area contributed by atoms with Crippen LogP contribution in [0.1, 0.15) is 39.2 Å². The molecule has 0 bridgehead atoms. The van der Waals surface area contributed by atoms with Gasteiger partial charge in [-0.05, 0) is 36.2 Å². The molecule has 0 aliphatic carbocycles. The van der Waals surface area contributed by atoms with Gasteiger partial charge >= 0.3 is 0 Å². The van der Waals surface area contributed by atoms with Gasteiger partial charge < -0.3 is 0 Å². The molecule has 0 amide bonds. The van der Waals surface area contributed by atoms with Gasteiger partial charge in [0.25, 0.3) is 0 Å². The van der Waals surface area contributed by atoms with Gasteiger partial charge in [-0.1, -0.05) is 57.2 Å². The van der Waals surface area contributed by atoms with E-state index < -0.39 is 0 Å². The Kier molecular flexibility index (Phi) is 4.79. The molecule has 0 radical (unpaired) electrons. The normalized spacial score (nSPS) is 13.4. The van der Waals surface area contributed by atoms with Crippen LogP contribution in [0.25, 0.3) is 0 Å². The smallest absolute Gasteiger partial charge is 0.0228 e. The zero-order valence-corrected chi connectivity index (χ0v) is 10.9. The number of allylic oxidation sites excluding steroid dienone is 1. The minimum Gasteiger partial charge on any atom is -0.103 e. The third-order valence-corrected chi connectivity index (χ3v) is 2.85. The fourth-order valence-electron chi connectivity index (χ4n) is 2.09. The quantitative estimate of drug-likeness (QED) is 0.617. The zero-order valence-electron chi connectivity index (χ0n) is 10.9. The molecule has 1 aromatic carbocycles. The third kappa shape index (κ3) is 5.16. The molecule has 0 aromatic heterocycles. The molecule has 88 valence electrons. The predicted molar refractivity (Wildman–Crippen MR) is 72.5 cm³/mol.